The summed E-state index contributed by atoms with van der Waals surface area (Å²) < 4.78 is 10.7. The molecule has 3 N–H and O–H groups in total. The lowest BCUT2D eigenvalue weighted by Gasteiger charge is -2.30. The zero-order valence-electron chi connectivity index (χ0n) is 20.1. The number of alkyl carbamates (subject to hydrolysis) is 1. The molecule has 0 aliphatic heterocycles. The van der Waals surface area contributed by atoms with Gasteiger partial charge in [-0.2, -0.15) is 0 Å². The molecule has 186 valence electrons. The minimum atomic E-state index is -1.56. The lowest BCUT2D eigenvalue weighted by Crippen LogP contribution is -2.61. The molecule has 0 spiro atoms. The van der Waals surface area contributed by atoms with Gasteiger partial charge in [-0.1, -0.05) is 68.3 Å². The van der Waals surface area contributed by atoms with Crippen LogP contribution < -0.4 is 10.6 Å². The van der Waals surface area contributed by atoms with E-state index in [0.29, 0.717) is 12.3 Å². The lowest BCUT2D eigenvalue weighted by atomic mass is 9.96. The fourth-order valence-electron chi connectivity index (χ4n) is 4.76. The predicted octanol–water partition coefficient (Wildman–Crippen LogP) is 3.69. The van der Waals surface area contributed by atoms with E-state index < -0.39 is 29.6 Å². The predicted molar refractivity (Wildman–Crippen MR) is 130 cm³/mol. The lowest BCUT2D eigenvalue weighted by molar-refractivity contribution is -0.150. The van der Waals surface area contributed by atoms with Crippen molar-refractivity contribution in [1.82, 2.24) is 10.6 Å². The van der Waals surface area contributed by atoms with Gasteiger partial charge in [-0.15, -0.1) is 0 Å². The number of rotatable bonds is 11. The average Bonchev–Trinajstić information content (AvgIpc) is 3.62. The highest BCUT2D eigenvalue weighted by Gasteiger charge is 2.41. The van der Waals surface area contributed by atoms with Crippen LogP contribution in [0.3, 0.4) is 0 Å². The van der Waals surface area contributed by atoms with E-state index in [-0.39, 0.29) is 25.6 Å². The monoisotopic (exact) mass is 480 g/mol. The Kier molecular flexibility index (Phi) is 7.40. The Labute approximate surface area is 205 Å². The van der Waals surface area contributed by atoms with Crippen LogP contribution in [0, 0.1) is 5.92 Å². The molecular weight excluding hydrogens is 448 g/mol. The molecular formula is C27H32N2O6. The highest BCUT2D eigenvalue weighted by Crippen LogP contribution is 2.44. The van der Waals surface area contributed by atoms with Gasteiger partial charge in [-0.05, 0) is 41.0 Å². The van der Waals surface area contributed by atoms with Gasteiger partial charge < -0.3 is 25.2 Å². The molecule has 0 aromatic heterocycles. The van der Waals surface area contributed by atoms with Crippen molar-refractivity contribution in [3.8, 4) is 11.1 Å². The number of carboxylic acid groups (broad SMARTS) is 1. The second-order valence-corrected chi connectivity index (χ2v) is 9.36. The van der Waals surface area contributed by atoms with Gasteiger partial charge in [-0.3, -0.25) is 4.79 Å². The van der Waals surface area contributed by atoms with Crippen molar-refractivity contribution < 1.29 is 29.0 Å². The molecule has 2 amide bonds. The van der Waals surface area contributed by atoms with Crippen LogP contribution in [0.2, 0.25) is 0 Å². The first-order valence-electron chi connectivity index (χ1n) is 12.0. The second kappa shape index (κ2) is 10.5. The largest absolute Gasteiger partial charge is 0.479 e. The van der Waals surface area contributed by atoms with E-state index in [1.807, 2.05) is 36.4 Å². The molecule has 0 bridgehead atoms. The molecule has 2 aromatic carbocycles. The molecule has 8 heteroatoms. The topological polar surface area (TPSA) is 114 Å². The van der Waals surface area contributed by atoms with Gasteiger partial charge in [0.2, 0.25) is 5.91 Å². The van der Waals surface area contributed by atoms with E-state index in [1.54, 1.807) is 6.92 Å². The normalized spacial score (nSPS) is 17.0. The summed E-state index contributed by atoms with van der Waals surface area (Å²) in [6.07, 6.45) is 1.83. The van der Waals surface area contributed by atoms with Crippen molar-refractivity contribution >= 4 is 18.0 Å². The summed E-state index contributed by atoms with van der Waals surface area (Å²) in [5, 5.41) is 15.0. The molecule has 4 rings (SSSR count). The van der Waals surface area contributed by atoms with E-state index in [4.69, 9.17) is 9.47 Å². The summed E-state index contributed by atoms with van der Waals surface area (Å²) in [4.78, 5) is 37.8. The molecule has 2 aliphatic carbocycles. The Balaban J connectivity index is 1.43. The Bertz CT molecular complexity index is 1050. The Hall–Kier alpha value is -3.39. The summed E-state index contributed by atoms with van der Waals surface area (Å²) in [6, 6.07) is 15.2. The molecule has 1 fully saturated rings. The second-order valence-electron chi connectivity index (χ2n) is 9.36. The van der Waals surface area contributed by atoms with E-state index in [9.17, 15) is 19.5 Å². The van der Waals surface area contributed by atoms with Gasteiger partial charge in [0.15, 0.2) is 5.54 Å². The van der Waals surface area contributed by atoms with Crippen molar-refractivity contribution in [2.45, 2.75) is 50.1 Å². The SMILES string of the molecule is CCC(COC)(NC(=O)C(CC1CC1)NC(=O)OCC1c2ccccc2-c2ccccc21)C(=O)O. The summed E-state index contributed by atoms with van der Waals surface area (Å²) >= 11 is 0. The fourth-order valence-corrected chi connectivity index (χ4v) is 4.76. The number of methoxy groups -OCH3 is 1. The Morgan fingerprint density at radius 3 is 2.17 bits per heavy atom. The third kappa shape index (κ3) is 5.32. The zero-order valence-corrected chi connectivity index (χ0v) is 20.1. The highest BCUT2D eigenvalue weighted by molar-refractivity contribution is 5.91. The third-order valence-electron chi connectivity index (χ3n) is 6.98. The van der Waals surface area contributed by atoms with Crippen LogP contribution in [0.1, 0.15) is 49.7 Å². The van der Waals surface area contributed by atoms with E-state index in [2.05, 4.69) is 22.8 Å². The molecule has 1 saturated carbocycles. The van der Waals surface area contributed by atoms with Crippen LogP contribution in [0.5, 0.6) is 0 Å². The number of ether oxygens (including phenoxy) is 2. The smallest absolute Gasteiger partial charge is 0.407 e. The Morgan fingerprint density at radius 1 is 1.06 bits per heavy atom. The number of carboxylic acids is 1. The fraction of sp³-hybridized carbons (Fsp3) is 0.444. The van der Waals surface area contributed by atoms with Crippen molar-refractivity contribution in [2.75, 3.05) is 20.3 Å². The molecule has 2 aromatic rings. The third-order valence-corrected chi connectivity index (χ3v) is 6.98. The first kappa shape index (κ1) is 24.7. The number of fused-ring (bicyclic) bond motifs is 3. The van der Waals surface area contributed by atoms with Crippen molar-refractivity contribution in [1.29, 1.82) is 0 Å². The molecule has 2 atom stereocenters. The number of hydrogen-bond donors (Lipinski definition) is 3. The maximum absolute atomic E-state index is 13.1. The summed E-state index contributed by atoms with van der Waals surface area (Å²) in [6.45, 7) is 1.63. The van der Waals surface area contributed by atoms with E-state index >= 15 is 0 Å². The maximum Gasteiger partial charge on any atom is 0.407 e. The summed E-state index contributed by atoms with van der Waals surface area (Å²) in [5.41, 5.74) is 2.90. The first-order valence-corrected chi connectivity index (χ1v) is 12.0. The Morgan fingerprint density at radius 2 is 1.66 bits per heavy atom. The molecule has 2 aliphatic rings. The standard InChI is InChI=1S/C27H32N2O6/c1-3-27(16-34-2,25(31)32)29-24(30)23(14-17-12-13-17)28-26(33)35-15-22-20-10-6-4-8-18(20)19-9-5-7-11-21(19)22/h4-11,17,22-23H,3,12-16H2,1-2H3,(H,28,33)(H,29,30)(H,31,32). The van der Waals surface area contributed by atoms with Crippen LogP contribution in [-0.2, 0) is 19.1 Å². The maximum atomic E-state index is 13.1. The summed E-state index contributed by atoms with van der Waals surface area (Å²) in [7, 11) is 1.39. The van der Waals surface area contributed by atoms with Crippen molar-refractivity contribution in [3.63, 3.8) is 0 Å². The molecule has 0 radical (unpaired) electrons. The van der Waals surface area contributed by atoms with Crippen molar-refractivity contribution in [3.05, 3.63) is 59.7 Å². The quantitative estimate of drug-likeness (QED) is 0.452. The van der Waals surface area contributed by atoms with Gasteiger partial charge >= 0.3 is 12.1 Å². The number of carbonyl (C=O) groups excluding carboxylic acids is 2. The van der Waals surface area contributed by atoms with Crippen LogP contribution in [0.15, 0.2) is 48.5 Å². The molecule has 2 unspecified atom stereocenters. The van der Waals surface area contributed by atoms with Gasteiger partial charge in [0.25, 0.3) is 0 Å². The van der Waals surface area contributed by atoms with Gasteiger partial charge in [-0.25, -0.2) is 9.59 Å². The van der Waals surface area contributed by atoms with Crippen LogP contribution in [-0.4, -0.2) is 55.0 Å². The van der Waals surface area contributed by atoms with Gasteiger partial charge in [0.1, 0.15) is 12.6 Å². The van der Waals surface area contributed by atoms with Crippen molar-refractivity contribution in [2.24, 2.45) is 5.92 Å². The van der Waals surface area contributed by atoms with Crippen LogP contribution in [0.4, 0.5) is 4.79 Å². The minimum Gasteiger partial charge on any atom is -0.479 e. The zero-order chi connectivity index (χ0) is 25.0. The molecule has 0 saturated heterocycles. The van der Waals surface area contributed by atoms with Crippen LogP contribution >= 0.6 is 0 Å². The average molecular weight is 481 g/mol. The summed E-state index contributed by atoms with van der Waals surface area (Å²) in [5.74, 6) is -1.50. The number of hydrogen-bond acceptors (Lipinski definition) is 5. The molecule has 8 nitrogen and oxygen atoms in total. The minimum absolute atomic E-state index is 0.0923. The number of amides is 2. The number of benzene rings is 2. The van der Waals surface area contributed by atoms with Gasteiger partial charge in [0.05, 0.1) is 6.61 Å². The first-order chi connectivity index (χ1) is 16.9. The van der Waals surface area contributed by atoms with E-state index in [0.717, 1.165) is 35.1 Å². The number of carbonyl (C=O) groups is 3. The molecule has 35 heavy (non-hydrogen) atoms. The van der Waals surface area contributed by atoms with Crippen LogP contribution in [0.25, 0.3) is 11.1 Å². The van der Waals surface area contributed by atoms with E-state index in [1.165, 1.54) is 7.11 Å². The number of nitrogens with one attached hydrogen (secondary N) is 2. The highest BCUT2D eigenvalue weighted by atomic mass is 16.5. The number of aliphatic carboxylic acids is 1. The van der Waals surface area contributed by atoms with Gasteiger partial charge in [0, 0.05) is 13.0 Å². The molecule has 0 heterocycles.